The predicted octanol–water partition coefficient (Wildman–Crippen LogP) is 0.680. The average Bonchev–Trinajstić information content (AvgIpc) is 2.26. The van der Waals surface area contributed by atoms with Gasteiger partial charge in [-0.1, -0.05) is 6.92 Å². The zero-order valence-electron chi connectivity index (χ0n) is 10.9. The lowest BCUT2D eigenvalue weighted by atomic mass is 10.0. The van der Waals surface area contributed by atoms with E-state index in [1.54, 1.807) is 4.31 Å². The molecule has 1 aliphatic rings. The standard InChI is InChI=1S/C11H25N3O2S/c1-10-5-4-8-14(9-10)17(15,16)13-11(2)6-3-7-12/h10-11,13H,3-9,12H2,1-2H3. The fourth-order valence-electron chi connectivity index (χ4n) is 2.18. The highest BCUT2D eigenvalue weighted by atomic mass is 32.2. The number of nitrogens with one attached hydrogen (secondary N) is 1. The normalized spacial score (nSPS) is 24.8. The first kappa shape index (κ1) is 14.9. The summed E-state index contributed by atoms with van der Waals surface area (Å²) in [5, 5.41) is 0. The molecule has 0 aliphatic carbocycles. The van der Waals surface area contributed by atoms with E-state index in [9.17, 15) is 8.42 Å². The van der Waals surface area contributed by atoms with E-state index >= 15 is 0 Å². The molecule has 0 spiro atoms. The Morgan fingerprint density at radius 3 is 2.82 bits per heavy atom. The van der Waals surface area contributed by atoms with E-state index in [-0.39, 0.29) is 6.04 Å². The molecular weight excluding hydrogens is 238 g/mol. The van der Waals surface area contributed by atoms with Crippen molar-refractivity contribution in [1.82, 2.24) is 9.03 Å². The minimum Gasteiger partial charge on any atom is -0.330 e. The van der Waals surface area contributed by atoms with Gasteiger partial charge in [0.1, 0.15) is 0 Å². The smallest absolute Gasteiger partial charge is 0.279 e. The van der Waals surface area contributed by atoms with Crippen molar-refractivity contribution in [3.63, 3.8) is 0 Å². The number of nitrogens with two attached hydrogens (primary N) is 1. The zero-order chi connectivity index (χ0) is 12.9. The van der Waals surface area contributed by atoms with Crippen LogP contribution < -0.4 is 10.5 Å². The van der Waals surface area contributed by atoms with Crippen LogP contribution >= 0.6 is 0 Å². The van der Waals surface area contributed by atoms with Gasteiger partial charge in [0.15, 0.2) is 0 Å². The van der Waals surface area contributed by atoms with Crippen molar-refractivity contribution in [3.05, 3.63) is 0 Å². The summed E-state index contributed by atoms with van der Waals surface area (Å²) in [7, 11) is -3.30. The van der Waals surface area contributed by atoms with E-state index < -0.39 is 10.2 Å². The van der Waals surface area contributed by atoms with E-state index in [1.807, 2.05) is 6.92 Å². The van der Waals surface area contributed by atoms with Crippen LogP contribution in [-0.4, -0.2) is 38.4 Å². The molecule has 3 N–H and O–H groups in total. The van der Waals surface area contributed by atoms with Crippen molar-refractivity contribution < 1.29 is 8.42 Å². The Morgan fingerprint density at radius 2 is 2.24 bits per heavy atom. The van der Waals surface area contributed by atoms with Crippen molar-refractivity contribution in [2.24, 2.45) is 11.7 Å². The van der Waals surface area contributed by atoms with Crippen LogP contribution in [0, 0.1) is 5.92 Å². The van der Waals surface area contributed by atoms with Crippen molar-refractivity contribution in [2.45, 2.75) is 45.6 Å². The van der Waals surface area contributed by atoms with E-state index in [0.717, 1.165) is 25.7 Å². The molecular formula is C11H25N3O2S. The molecule has 0 aromatic heterocycles. The highest BCUT2D eigenvalue weighted by Gasteiger charge is 2.27. The maximum Gasteiger partial charge on any atom is 0.279 e. The van der Waals surface area contributed by atoms with Crippen LogP contribution in [0.15, 0.2) is 0 Å². The van der Waals surface area contributed by atoms with Gasteiger partial charge < -0.3 is 5.73 Å². The third kappa shape index (κ3) is 4.91. The molecule has 2 atom stereocenters. The van der Waals surface area contributed by atoms with Gasteiger partial charge in [-0.2, -0.15) is 17.4 Å². The van der Waals surface area contributed by atoms with Gasteiger partial charge in [0.05, 0.1) is 0 Å². The molecule has 5 nitrogen and oxygen atoms in total. The Labute approximate surface area is 105 Å². The molecule has 0 bridgehead atoms. The molecule has 1 fully saturated rings. The minimum atomic E-state index is -3.30. The molecule has 2 unspecified atom stereocenters. The molecule has 1 aliphatic heterocycles. The minimum absolute atomic E-state index is 0.0409. The lowest BCUT2D eigenvalue weighted by molar-refractivity contribution is 0.276. The summed E-state index contributed by atoms with van der Waals surface area (Å²) in [6.07, 6.45) is 3.72. The Kier molecular flexibility index (Phi) is 5.85. The lowest BCUT2D eigenvalue weighted by Crippen LogP contribution is -2.48. The highest BCUT2D eigenvalue weighted by Crippen LogP contribution is 2.18. The average molecular weight is 263 g/mol. The molecule has 6 heteroatoms. The topological polar surface area (TPSA) is 75.4 Å². The van der Waals surface area contributed by atoms with Gasteiger partial charge in [0.25, 0.3) is 10.2 Å². The fraction of sp³-hybridized carbons (Fsp3) is 1.00. The summed E-state index contributed by atoms with van der Waals surface area (Å²) in [6.45, 7) is 5.87. The molecule has 17 heavy (non-hydrogen) atoms. The molecule has 1 saturated heterocycles. The Balaban J connectivity index is 2.49. The largest absolute Gasteiger partial charge is 0.330 e. The maximum atomic E-state index is 12.1. The molecule has 1 heterocycles. The third-order valence-electron chi connectivity index (χ3n) is 3.15. The maximum absolute atomic E-state index is 12.1. The lowest BCUT2D eigenvalue weighted by Gasteiger charge is -2.31. The number of nitrogens with zero attached hydrogens (tertiary/aromatic N) is 1. The van der Waals surface area contributed by atoms with Crippen molar-refractivity contribution in [3.8, 4) is 0 Å². The summed E-state index contributed by atoms with van der Waals surface area (Å²) in [5.74, 6) is 0.458. The molecule has 102 valence electrons. The third-order valence-corrected chi connectivity index (χ3v) is 4.86. The summed E-state index contributed by atoms with van der Waals surface area (Å²) in [4.78, 5) is 0. The first-order valence-electron chi connectivity index (χ1n) is 6.43. The van der Waals surface area contributed by atoms with Crippen molar-refractivity contribution in [1.29, 1.82) is 0 Å². The Morgan fingerprint density at radius 1 is 1.53 bits per heavy atom. The van der Waals surface area contributed by atoms with Crippen LogP contribution in [0.5, 0.6) is 0 Å². The number of hydrogen-bond donors (Lipinski definition) is 2. The van der Waals surface area contributed by atoms with E-state index in [4.69, 9.17) is 5.73 Å². The quantitative estimate of drug-likeness (QED) is 0.740. The monoisotopic (exact) mass is 263 g/mol. The number of piperidine rings is 1. The number of hydrogen-bond acceptors (Lipinski definition) is 3. The van der Waals surface area contributed by atoms with Gasteiger partial charge in [-0.3, -0.25) is 0 Å². The zero-order valence-corrected chi connectivity index (χ0v) is 11.7. The molecule has 0 aromatic rings. The van der Waals surface area contributed by atoms with E-state index in [0.29, 0.717) is 25.6 Å². The van der Waals surface area contributed by atoms with Gasteiger partial charge >= 0.3 is 0 Å². The van der Waals surface area contributed by atoms with Crippen LogP contribution in [-0.2, 0) is 10.2 Å². The van der Waals surface area contributed by atoms with Crippen LogP contribution in [0.25, 0.3) is 0 Å². The summed E-state index contributed by atoms with van der Waals surface area (Å²) in [5.41, 5.74) is 5.41. The van der Waals surface area contributed by atoms with Gasteiger partial charge in [0.2, 0.25) is 0 Å². The molecule has 1 rings (SSSR count). The number of rotatable bonds is 6. The van der Waals surface area contributed by atoms with Crippen LogP contribution in [0.2, 0.25) is 0 Å². The molecule has 0 amide bonds. The Hall–Kier alpha value is -0.170. The van der Waals surface area contributed by atoms with Crippen molar-refractivity contribution >= 4 is 10.2 Å². The summed E-state index contributed by atoms with van der Waals surface area (Å²) >= 11 is 0. The van der Waals surface area contributed by atoms with Crippen LogP contribution in [0.3, 0.4) is 0 Å². The second-order valence-corrected chi connectivity index (χ2v) is 6.76. The van der Waals surface area contributed by atoms with Gasteiger partial charge in [-0.05, 0) is 45.1 Å². The van der Waals surface area contributed by atoms with Crippen LogP contribution in [0.4, 0.5) is 0 Å². The first-order chi connectivity index (χ1) is 7.95. The first-order valence-corrected chi connectivity index (χ1v) is 7.87. The molecule has 0 radical (unpaired) electrons. The van der Waals surface area contributed by atoms with Crippen molar-refractivity contribution in [2.75, 3.05) is 19.6 Å². The Bertz CT molecular complexity index is 319. The molecule has 0 saturated carbocycles. The molecule has 0 aromatic carbocycles. The predicted molar refractivity (Wildman–Crippen MR) is 69.8 cm³/mol. The van der Waals surface area contributed by atoms with Gasteiger partial charge in [-0.25, -0.2) is 0 Å². The van der Waals surface area contributed by atoms with Gasteiger partial charge in [0, 0.05) is 19.1 Å². The summed E-state index contributed by atoms with van der Waals surface area (Å²) < 4.78 is 28.5. The van der Waals surface area contributed by atoms with Crippen LogP contribution in [0.1, 0.15) is 39.5 Å². The van der Waals surface area contributed by atoms with Gasteiger partial charge in [-0.15, -0.1) is 0 Å². The van der Waals surface area contributed by atoms with E-state index in [1.165, 1.54) is 0 Å². The summed E-state index contributed by atoms with van der Waals surface area (Å²) in [6, 6.07) is -0.0409. The highest BCUT2D eigenvalue weighted by molar-refractivity contribution is 7.87. The SMILES string of the molecule is CC1CCCN(S(=O)(=O)NC(C)CCCN)C1. The second kappa shape index (κ2) is 6.68. The second-order valence-electron chi connectivity index (χ2n) is 5.06. The van der Waals surface area contributed by atoms with E-state index in [2.05, 4.69) is 11.6 Å². The fourth-order valence-corrected chi connectivity index (χ4v) is 3.77.